The molecule has 90 valence electrons. The van der Waals surface area contributed by atoms with Gasteiger partial charge in [-0.15, -0.1) is 0 Å². The number of hydroxylamine groups is 1. The van der Waals surface area contributed by atoms with E-state index in [0.29, 0.717) is 11.1 Å². The van der Waals surface area contributed by atoms with Gasteiger partial charge in [-0.3, -0.25) is 20.2 Å². The predicted octanol–water partition coefficient (Wildman–Crippen LogP) is 0.0694. The molecule has 0 aliphatic carbocycles. The van der Waals surface area contributed by atoms with Gasteiger partial charge in [0.25, 0.3) is 11.8 Å². The van der Waals surface area contributed by atoms with Crippen molar-refractivity contribution in [2.24, 2.45) is 0 Å². The smallest absolute Gasteiger partial charge is 0.267 e. The molecule has 17 heavy (non-hydrogen) atoms. The van der Waals surface area contributed by atoms with Crippen LogP contribution in [0.15, 0.2) is 30.3 Å². The van der Waals surface area contributed by atoms with Crippen LogP contribution in [0.25, 0.3) is 6.08 Å². The molecule has 0 fully saturated rings. The van der Waals surface area contributed by atoms with Gasteiger partial charge in [0, 0.05) is 18.7 Å². The van der Waals surface area contributed by atoms with Gasteiger partial charge in [-0.25, -0.2) is 10.9 Å². The number of benzene rings is 1. The maximum atomic E-state index is 11.5. The van der Waals surface area contributed by atoms with Crippen LogP contribution in [0.1, 0.15) is 15.9 Å². The molecule has 0 aliphatic rings. The first-order valence-electron chi connectivity index (χ1n) is 4.86. The number of amides is 2. The number of carbonyl (C=O) groups excluding carboxylic acids is 2. The zero-order valence-electron chi connectivity index (χ0n) is 9.23. The fourth-order valence-corrected chi connectivity index (χ4v) is 1.18. The molecule has 1 aromatic carbocycles. The van der Waals surface area contributed by atoms with E-state index in [1.54, 1.807) is 31.3 Å². The molecular formula is C11H13N3O3. The topological polar surface area (TPSA) is 90.5 Å². The number of hydrogen-bond donors (Lipinski definition) is 4. The third-order valence-corrected chi connectivity index (χ3v) is 1.92. The van der Waals surface area contributed by atoms with E-state index in [4.69, 9.17) is 5.21 Å². The van der Waals surface area contributed by atoms with E-state index in [-0.39, 0.29) is 5.91 Å². The maximum absolute atomic E-state index is 11.5. The van der Waals surface area contributed by atoms with Crippen molar-refractivity contribution < 1.29 is 14.8 Å². The van der Waals surface area contributed by atoms with Gasteiger partial charge < -0.3 is 0 Å². The summed E-state index contributed by atoms with van der Waals surface area (Å²) in [6.07, 6.45) is 2.65. The van der Waals surface area contributed by atoms with E-state index in [1.165, 1.54) is 11.6 Å². The molecule has 0 unspecified atom stereocenters. The second-order valence-corrected chi connectivity index (χ2v) is 3.14. The second kappa shape index (κ2) is 6.41. The zero-order chi connectivity index (χ0) is 12.7. The van der Waals surface area contributed by atoms with Crippen molar-refractivity contribution >= 4 is 17.9 Å². The summed E-state index contributed by atoms with van der Waals surface area (Å²) in [4.78, 5) is 22.2. The van der Waals surface area contributed by atoms with Crippen molar-refractivity contribution in [2.45, 2.75) is 0 Å². The highest BCUT2D eigenvalue weighted by Crippen LogP contribution is 2.06. The monoisotopic (exact) mass is 235 g/mol. The standard InChI is InChI=1S/C11H13N3O3/c1-12-13-11(16)9-4-2-3-8(7-9)5-6-10(15)14-17/h2-7,12,17H,1H3,(H,13,16)(H,14,15)/b6-5+. The molecule has 0 spiro atoms. The van der Waals surface area contributed by atoms with Crippen LogP contribution < -0.4 is 16.3 Å². The lowest BCUT2D eigenvalue weighted by Gasteiger charge is -2.03. The van der Waals surface area contributed by atoms with Crippen LogP contribution in [-0.2, 0) is 4.79 Å². The summed E-state index contributed by atoms with van der Waals surface area (Å²) in [6, 6.07) is 6.70. The molecule has 1 aromatic rings. The minimum Gasteiger partial charge on any atom is -0.288 e. The molecule has 6 heteroatoms. The van der Waals surface area contributed by atoms with Crippen molar-refractivity contribution in [3.05, 3.63) is 41.5 Å². The predicted molar refractivity (Wildman–Crippen MR) is 61.9 cm³/mol. The minimum absolute atomic E-state index is 0.269. The Morgan fingerprint density at radius 3 is 2.76 bits per heavy atom. The van der Waals surface area contributed by atoms with Gasteiger partial charge in [0.2, 0.25) is 0 Å². The van der Waals surface area contributed by atoms with Crippen LogP contribution in [0, 0.1) is 0 Å². The highest BCUT2D eigenvalue weighted by Gasteiger charge is 2.03. The Labute approximate surface area is 98.3 Å². The van der Waals surface area contributed by atoms with Crippen molar-refractivity contribution in [1.82, 2.24) is 16.3 Å². The molecule has 0 saturated carbocycles. The Morgan fingerprint density at radius 2 is 2.12 bits per heavy atom. The van der Waals surface area contributed by atoms with Gasteiger partial charge in [-0.2, -0.15) is 0 Å². The Hall–Kier alpha value is -2.18. The first-order valence-corrected chi connectivity index (χ1v) is 4.86. The molecule has 0 saturated heterocycles. The largest absolute Gasteiger partial charge is 0.288 e. The first kappa shape index (κ1) is 12.9. The number of nitrogens with one attached hydrogen (secondary N) is 3. The lowest BCUT2D eigenvalue weighted by molar-refractivity contribution is -0.124. The number of hydrogen-bond acceptors (Lipinski definition) is 4. The van der Waals surface area contributed by atoms with E-state index in [9.17, 15) is 9.59 Å². The Morgan fingerprint density at radius 1 is 1.35 bits per heavy atom. The molecule has 4 N–H and O–H groups in total. The molecular weight excluding hydrogens is 222 g/mol. The molecule has 0 bridgehead atoms. The van der Waals surface area contributed by atoms with E-state index < -0.39 is 5.91 Å². The highest BCUT2D eigenvalue weighted by atomic mass is 16.5. The molecule has 0 aliphatic heterocycles. The molecule has 0 aromatic heterocycles. The van der Waals surface area contributed by atoms with E-state index in [1.807, 2.05) is 0 Å². The first-order chi connectivity index (χ1) is 8.17. The summed E-state index contributed by atoms with van der Waals surface area (Å²) in [5.74, 6) is -0.899. The average molecular weight is 235 g/mol. The van der Waals surface area contributed by atoms with E-state index in [0.717, 1.165) is 6.08 Å². The van der Waals surface area contributed by atoms with Crippen molar-refractivity contribution in [3.63, 3.8) is 0 Å². The Balaban J connectivity index is 2.82. The van der Waals surface area contributed by atoms with Gasteiger partial charge >= 0.3 is 0 Å². The lowest BCUT2D eigenvalue weighted by Crippen LogP contribution is -2.34. The molecule has 0 radical (unpaired) electrons. The fourth-order valence-electron chi connectivity index (χ4n) is 1.18. The minimum atomic E-state index is -0.630. The molecule has 1 rings (SSSR count). The quantitative estimate of drug-likeness (QED) is 0.338. The summed E-state index contributed by atoms with van der Waals surface area (Å²) in [5.41, 5.74) is 7.58. The van der Waals surface area contributed by atoms with Gasteiger partial charge in [0.15, 0.2) is 0 Å². The normalized spacial score (nSPS) is 10.2. The average Bonchev–Trinajstić information content (AvgIpc) is 2.36. The zero-order valence-corrected chi connectivity index (χ0v) is 9.23. The maximum Gasteiger partial charge on any atom is 0.267 e. The van der Waals surface area contributed by atoms with Crippen LogP contribution in [0.4, 0.5) is 0 Å². The molecule has 0 heterocycles. The third-order valence-electron chi connectivity index (χ3n) is 1.92. The second-order valence-electron chi connectivity index (χ2n) is 3.14. The molecule has 0 atom stereocenters. The van der Waals surface area contributed by atoms with Gasteiger partial charge in [0.1, 0.15) is 0 Å². The third kappa shape index (κ3) is 4.06. The van der Waals surface area contributed by atoms with Crippen LogP contribution in [-0.4, -0.2) is 24.1 Å². The van der Waals surface area contributed by atoms with E-state index in [2.05, 4.69) is 10.9 Å². The summed E-state index contributed by atoms with van der Waals surface area (Å²) in [5, 5.41) is 8.30. The van der Waals surface area contributed by atoms with Crippen LogP contribution in [0.2, 0.25) is 0 Å². The highest BCUT2D eigenvalue weighted by molar-refractivity contribution is 5.95. The Bertz CT molecular complexity index is 443. The van der Waals surface area contributed by atoms with Gasteiger partial charge in [-0.1, -0.05) is 12.1 Å². The summed E-state index contributed by atoms with van der Waals surface area (Å²) in [7, 11) is 1.59. The van der Waals surface area contributed by atoms with Crippen LogP contribution in [0.3, 0.4) is 0 Å². The summed E-state index contributed by atoms with van der Waals surface area (Å²) >= 11 is 0. The van der Waals surface area contributed by atoms with Gasteiger partial charge in [-0.05, 0) is 23.8 Å². The fraction of sp³-hybridized carbons (Fsp3) is 0.0909. The SMILES string of the molecule is CNNC(=O)c1cccc(/C=C/C(=O)NO)c1. The van der Waals surface area contributed by atoms with Crippen molar-refractivity contribution in [2.75, 3.05) is 7.05 Å². The lowest BCUT2D eigenvalue weighted by atomic mass is 10.1. The molecule has 2 amide bonds. The van der Waals surface area contributed by atoms with Crippen molar-refractivity contribution in [3.8, 4) is 0 Å². The van der Waals surface area contributed by atoms with E-state index >= 15 is 0 Å². The van der Waals surface area contributed by atoms with Crippen LogP contribution >= 0.6 is 0 Å². The summed E-state index contributed by atoms with van der Waals surface area (Å²) in [6.45, 7) is 0. The van der Waals surface area contributed by atoms with Crippen LogP contribution in [0.5, 0.6) is 0 Å². The number of carbonyl (C=O) groups is 2. The van der Waals surface area contributed by atoms with Crippen molar-refractivity contribution in [1.29, 1.82) is 0 Å². The van der Waals surface area contributed by atoms with Gasteiger partial charge in [0.05, 0.1) is 0 Å². The summed E-state index contributed by atoms with van der Waals surface area (Å²) < 4.78 is 0. The molecule has 6 nitrogen and oxygen atoms in total. The Kier molecular flexibility index (Phi) is 4.86. The number of hydrazine groups is 1. The number of rotatable bonds is 4.